The highest BCUT2D eigenvalue weighted by molar-refractivity contribution is 6.25. The molecule has 3 heteroatoms. The fourth-order valence-electron chi connectivity index (χ4n) is 7.98. The van der Waals surface area contributed by atoms with Crippen molar-refractivity contribution in [3.8, 4) is 39.8 Å². The summed E-state index contributed by atoms with van der Waals surface area (Å²) in [5.41, 5.74) is 5.54. The van der Waals surface area contributed by atoms with E-state index in [1.54, 1.807) is 0 Å². The van der Waals surface area contributed by atoms with Gasteiger partial charge in [-0.2, -0.15) is 0 Å². The molecule has 0 radical (unpaired) electrons. The molecule has 0 spiro atoms. The van der Waals surface area contributed by atoms with Crippen LogP contribution in [-0.2, 0) is 0 Å². The summed E-state index contributed by atoms with van der Waals surface area (Å²) < 4.78 is 15.7. The first-order valence-corrected chi connectivity index (χ1v) is 16.7. The van der Waals surface area contributed by atoms with Crippen LogP contribution in [0.3, 0.4) is 0 Å². The first-order valence-electron chi connectivity index (χ1n) is 16.7. The van der Waals surface area contributed by atoms with Crippen molar-refractivity contribution in [3.05, 3.63) is 164 Å². The van der Waals surface area contributed by atoms with E-state index in [0.717, 1.165) is 50.1 Å². The molecule has 0 aliphatic carbocycles. The van der Waals surface area contributed by atoms with Crippen molar-refractivity contribution < 1.29 is 9.47 Å². The molecule has 3 nitrogen and oxygen atoms in total. The fraction of sp³-hybridized carbons (Fsp3) is 0. The molecule has 9 aromatic carbocycles. The molecule has 228 valence electrons. The maximum atomic E-state index is 6.85. The normalized spacial score (nSPS) is 12.4. The van der Waals surface area contributed by atoms with E-state index in [1.807, 2.05) is 24.3 Å². The Labute approximate surface area is 281 Å². The van der Waals surface area contributed by atoms with Gasteiger partial charge in [0.1, 0.15) is 5.52 Å². The fourth-order valence-corrected chi connectivity index (χ4v) is 7.98. The van der Waals surface area contributed by atoms with Crippen molar-refractivity contribution in [3.63, 3.8) is 0 Å². The van der Waals surface area contributed by atoms with Gasteiger partial charge in [0.15, 0.2) is 23.0 Å². The van der Waals surface area contributed by atoms with Gasteiger partial charge in [-0.15, -0.1) is 0 Å². The van der Waals surface area contributed by atoms with Gasteiger partial charge in [0.2, 0.25) is 0 Å². The summed E-state index contributed by atoms with van der Waals surface area (Å²) in [4.78, 5) is 0. The number of para-hydroxylation sites is 1. The largest absolute Gasteiger partial charge is 0.449 e. The predicted molar refractivity (Wildman–Crippen MR) is 203 cm³/mol. The average molecular weight is 626 g/mol. The number of aromatic nitrogens is 1. The van der Waals surface area contributed by atoms with Crippen molar-refractivity contribution in [2.45, 2.75) is 0 Å². The number of hydrogen-bond acceptors (Lipinski definition) is 2. The minimum Gasteiger partial charge on any atom is -0.449 e. The maximum absolute atomic E-state index is 6.85. The highest BCUT2D eigenvalue weighted by Gasteiger charge is 2.27. The van der Waals surface area contributed by atoms with E-state index < -0.39 is 0 Å². The van der Waals surface area contributed by atoms with Crippen LogP contribution >= 0.6 is 0 Å². The molecular formula is C46H27NO2. The highest BCUT2D eigenvalue weighted by Crippen LogP contribution is 2.53. The van der Waals surface area contributed by atoms with Crippen LogP contribution in [0.1, 0.15) is 0 Å². The van der Waals surface area contributed by atoms with Gasteiger partial charge in [-0.3, -0.25) is 0 Å². The van der Waals surface area contributed by atoms with Gasteiger partial charge in [-0.25, -0.2) is 0 Å². The quantitative estimate of drug-likeness (QED) is 0.178. The van der Waals surface area contributed by atoms with Crippen LogP contribution in [0.2, 0.25) is 0 Å². The van der Waals surface area contributed by atoms with E-state index >= 15 is 0 Å². The molecule has 1 aliphatic heterocycles. The maximum Gasteiger partial charge on any atom is 0.194 e. The molecule has 0 N–H and O–H groups in total. The van der Waals surface area contributed by atoms with Crippen LogP contribution in [0.15, 0.2) is 164 Å². The Morgan fingerprint density at radius 1 is 0.347 bits per heavy atom. The zero-order valence-electron chi connectivity index (χ0n) is 26.4. The van der Waals surface area contributed by atoms with E-state index in [0.29, 0.717) is 5.75 Å². The summed E-state index contributed by atoms with van der Waals surface area (Å²) >= 11 is 0. The summed E-state index contributed by atoms with van der Waals surface area (Å²) in [5.74, 6) is 2.93. The molecule has 0 saturated heterocycles. The molecule has 2 heterocycles. The molecule has 11 rings (SSSR count). The molecule has 0 fully saturated rings. The molecule has 0 unspecified atom stereocenters. The number of rotatable bonds is 2. The summed E-state index contributed by atoms with van der Waals surface area (Å²) in [6.07, 6.45) is 0. The molecule has 1 aromatic heterocycles. The van der Waals surface area contributed by atoms with Gasteiger partial charge in [0, 0.05) is 21.8 Å². The van der Waals surface area contributed by atoms with E-state index in [2.05, 4.69) is 144 Å². The summed E-state index contributed by atoms with van der Waals surface area (Å²) in [6, 6.07) is 58.4. The minimum atomic E-state index is 0.715. The summed E-state index contributed by atoms with van der Waals surface area (Å²) in [5, 5.41) is 12.1. The SMILES string of the molecule is c1ccc2c3c(ccc2c1)Oc1ccc2c4ccccc4n(-c4ccc(-c5ccc6c7ccccc7c7ccccc7c6c5)cc4)c2c1O3. The minimum absolute atomic E-state index is 0.715. The highest BCUT2D eigenvalue weighted by atomic mass is 16.6. The lowest BCUT2D eigenvalue weighted by atomic mass is 9.92. The molecule has 0 atom stereocenters. The molecule has 0 bridgehead atoms. The third kappa shape index (κ3) is 3.78. The molecule has 0 saturated carbocycles. The standard InChI is InChI=1S/C46H27NO2/c1-2-10-32-29(9-1)20-25-42-45(32)49-46-43(48-42)26-24-39-38-15-7-8-16-41(38)47(44(39)46)31-21-17-28(18-22-31)30-19-23-37-35-13-4-3-11-33(35)34-12-5-6-14-36(34)40(37)27-30/h1-27H. The second-order valence-corrected chi connectivity index (χ2v) is 12.9. The van der Waals surface area contributed by atoms with Gasteiger partial charge in [-0.05, 0) is 91.3 Å². The van der Waals surface area contributed by atoms with E-state index in [4.69, 9.17) is 9.47 Å². The van der Waals surface area contributed by atoms with Crippen molar-refractivity contribution in [1.29, 1.82) is 0 Å². The Morgan fingerprint density at radius 3 is 1.65 bits per heavy atom. The van der Waals surface area contributed by atoms with Crippen LogP contribution < -0.4 is 9.47 Å². The Balaban J connectivity index is 1.08. The topological polar surface area (TPSA) is 23.4 Å². The van der Waals surface area contributed by atoms with Gasteiger partial charge >= 0.3 is 0 Å². The zero-order chi connectivity index (χ0) is 32.1. The van der Waals surface area contributed by atoms with Gasteiger partial charge in [-0.1, -0.05) is 121 Å². The second-order valence-electron chi connectivity index (χ2n) is 12.9. The first kappa shape index (κ1) is 26.5. The third-order valence-electron chi connectivity index (χ3n) is 10.2. The lowest BCUT2D eigenvalue weighted by Gasteiger charge is -2.23. The number of ether oxygens (including phenoxy) is 2. The van der Waals surface area contributed by atoms with E-state index in [1.165, 1.54) is 48.8 Å². The molecule has 49 heavy (non-hydrogen) atoms. The lowest BCUT2D eigenvalue weighted by Crippen LogP contribution is -2.02. The van der Waals surface area contributed by atoms with Crippen LogP contribution in [-0.4, -0.2) is 4.57 Å². The van der Waals surface area contributed by atoms with Gasteiger partial charge in [0.05, 0.1) is 5.52 Å². The smallest absolute Gasteiger partial charge is 0.194 e. The van der Waals surface area contributed by atoms with Crippen molar-refractivity contribution >= 4 is 64.9 Å². The third-order valence-corrected chi connectivity index (χ3v) is 10.2. The summed E-state index contributed by atoms with van der Waals surface area (Å²) in [6.45, 7) is 0. The Morgan fingerprint density at radius 2 is 0.898 bits per heavy atom. The van der Waals surface area contributed by atoms with Crippen LogP contribution in [0.4, 0.5) is 0 Å². The predicted octanol–water partition coefficient (Wildman–Crippen LogP) is 13.0. The van der Waals surface area contributed by atoms with Crippen LogP contribution in [0.5, 0.6) is 23.0 Å². The summed E-state index contributed by atoms with van der Waals surface area (Å²) in [7, 11) is 0. The van der Waals surface area contributed by atoms with Crippen molar-refractivity contribution in [2.24, 2.45) is 0 Å². The van der Waals surface area contributed by atoms with Gasteiger partial charge in [0.25, 0.3) is 0 Å². The van der Waals surface area contributed by atoms with E-state index in [-0.39, 0.29) is 0 Å². The van der Waals surface area contributed by atoms with Crippen molar-refractivity contribution in [2.75, 3.05) is 0 Å². The molecule has 1 aliphatic rings. The van der Waals surface area contributed by atoms with Crippen LogP contribution in [0.25, 0.3) is 81.7 Å². The molecule has 0 amide bonds. The van der Waals surface area contributed by atoms with E-state index in [9.17, 15) is 0 Å². The van der Waals surface area contributed by atoms with Crippen LogP contribution in [0, 0.1) is 0 Å². The van der Waals surface area contributed by atoms with Gasteiger partial charge < -0.3 is 14.0 Å². The Hall–Kier alpha value is -6.58. The Kier molecular flexibility index (Phi) is 5.38. The molecular weight excluding hydrogens is 599 g/mol. The number of benzene rings is 9. The first-order chi connectivity index (χ1) is 24.3. The lowest BCUT2D eigenvalue weighted by molar-refractivity contribution is 0.366. The second kappa shape index (κ2) is 9.96. The monoisotopic (exact) mass is 625 g/mol. The Bertz CT molecular complexity index is 2950. The average Bonchev–Trinajstić information content (AvgIpc) is 3.52. The molecule has 10 aromatic rings. The number of hydrogen-bond donors (Lipinski definition) is 0. The van der Waals surface area contributed by atoms with Crippen molar-refractivity contribution in [1.82, 2.24) is 4.57 Å². The number of fused-ring (bicyclic) bond motifs is 14. The zero-order valence-corrected chi connectivity index (χ0v) is 26.4. The number of nitrogens with zero attached hydrogens (tertiary/aromatic N) is 1.